The van der Waals surface area contributed by atoms with Crippen molar-refractivity contribution in [3.8, 4) is 0 Å². The standard InChI is InChI=1S/C12H23N3O4S3/c1-12(3-7-22(18,19)9-12)15-11(20)14-5-4-13-10-2-6-21(16,17)8-10/h10,13H,2-9H2,1H3,(H2,14,15,20). The second kappa shape index (κ2) is 6.58. The Morgan fingerprint density at radius 1 is 1.18 bits per heavy atom. The Hall–Kier alpha value is -0.450. The van der Waals surface area contributed by atoms with Crippen molar-refractivity contribution in [3.05, 3.63) is 0 Å². The van der Waals surface area contributed by atoms with Crippen LogP contribution in [0.3, 0.4) is 0 Å². The molecule has 22 heavy (non-hydrogen) atoms. The molecule has 0 spiro atoms. The summed E-state index contributed by atoms with van der Waals surface area (Å²) in [6.07, 6.45) is 1.20. The molecular formula is C12H23N3O4S3. The van der Waals surface area contributed by atoms with Gasteiger partial charge in [0.1, 0.15) is 0 Å². The fourth-order valence-electron chi connectivity index (χ4n) is 2.84. The van der Waals surface area contributed by atoms with E-state index in [2.05, 4.69) is 16.0 Å². The van der Waals surface area contributed by atoms with Crippen molar-refractivity contribution in [2.75, 3.05) is 36.1 Å². The third-order valence-corrected chi connectivity index (χ3v) is 7.91. The number of sulfone groups is 2. The molecule has 2 heterocycles. The molecule has 0 radical (unpaired) electrons. The lowest BCUT2D eigenvalue weighted by molar-refractivity contribution is 0.466. The summed E-state index contributed by atoms with van der Waals surface area (Å²) in [6, 6.07) is 0.0193. The fourth-order valence-corrected chi connectivity index (χ4v) is 6.99. The predicted molar refractivity (Wildman–Crippen MR) is 90.5 cm³/mol. The Morgan fingerprint density at radius 3 is 2.45 bits per heavy atom. The maximum Gasteiger partial charge on any atom is 0.166 e. The maximum atomic E-state index is 11.5. The van der Waals surface area contributed by atoms with Crippen molar-refractivity contribution in [2.45, 2.75) is 31.3 Å². The Bertz CT molecular complexity index is 632. The number of thiocarbonyl (C=S) groups is 1. The molecule has 2 aliphatic heterocycles. The molecule has 0 aromatic carbocycles. The van der Waals surface area contributed by atoms with Gasteiger partial charge in [0.2, 0.25) is 0 Å². The number of rotatable bonds is 5. The average Bonchev–Trinajstić information content (AvgIpc) is 2.84. The smallest absolute Gasteiger partial charge is 0.166 e. The monoisotopic (exact) mass is 369 g/mol. The van der Waals surface area contributed by atoms with Crippen LogP contribution in [0.5, 0.6) is 0 Å². The van der Waals surface area contributed by atoms with E-state index in [9.17, 15) is 16.8 Å². The molecule has 0 aromatic heterocycles. The predicted octanol–water partition coefficient (Wildman–Crippen LogP) is -1.20. The molecule has 0 amide bonds. The van der Waals surface area contributed by atoms with E-state index in [0.29, 0.717) is 31.0 Å². The molecule has 0 aliphatic carbocycles. The molecule has 0 bridgehead atoms. The minimum atomic E-state index is -2.97. The van der Waals surface area contributed by atoms with E-state index in [4.69, 9.17) is 12.2 Å². The Morgan fingerprint density at radius 2 is 1.91 bits per heavy atom. The molecule has 2 atom stereocenters. The van der Waals surface area contributed by atoms with Gasteiger partial charge in [-0.25, -0.2) is 16.8 Å². The average molecular weight is 370 g/mol. The van der Waals surface area contributed by atoms with Crippen LogP contribution in [-0.2, 0) is 19.7 Å². The Kier molecular flexibility index (Phi) is 5.35. The minimum Gasteiger partial charge on any atom is -0.361 e. The van der Waals surface area contributed by atoms with E-state index in [0.717, 1.165) is 0 Å². The molecule has 2 aliphatic rings. The molecule has 3 N–H and O–H groups in total. The van der Waals surface area contributed by atoms with Crippen molar-refractivity contribution in [2.24, 2.45) is 0 Å². The first-order valence-corrected chi connectivity index (χ1v) is 11.3. The molecule has 2 unspecified atom stereocenters. The van der Waals surface area contributed by atoms with Gasteiger partial charge >= 0.3 is 0 Å². The molecule has 2 rings (SSSR count). The first-order chi connectivity index (χ1) is 10.1. The quantitative estimate of drug-likeness (QED) is 0.410. The number of nitrogens with one attached hydrogen (secondary N) is 3. The normalized spacial score (nSPS) is 32.7. The van der Waals surface area contributed by atoms with Gasteiger partial charge in [-0.2, -0.15) is 0 Å². The zero-order valence-corrected chi connectivity index (χ0v) is 15.0. The van der Waals surface area contributed by atoms with E-state index in [1.54, 1.807) is 0 Å². The van der Waals surface area contributed by atoms with Crippen molar-refractivity contribution in [1.29, 1.82) is 0 Å². The summed E-state index contributed by atoms with van der Waals surface area (Å²) in [7, 11) is -5.83. The van der Waals surface area contributed by atoms with Crippen molar-refractivity contribution >= 4 is 37.0 Å². The minimum absolute atomic E-state index is 0.0193. The van der Waals surface area contributed by atoms with Crippen LogP contribution in [0.25, 0.3) is 0 Å². The number of hydrogen-bond acceptors (Lipinski definition) is 6. The summed E-state index contributed by atoms with van der Waals surface area (Å²) < 4.78 is 45.7. The summed E-state index contributed by atoms with van der Waals surface area (Å²) in [5.41, 5.74) is -0.504. The zero-order chi connectivity index (χ0) is 16.4. The summed E-state index contributed by atoms with van der Waals surface area (Å²) in [4.78, 5) is 0. The molecule has 7 nitrogen and oxygen atoms in total. The van der Waals surface area contributed by atoms with Crippen LogP contribution in [0.4, 0.5) is 0 Å². The van der Waals surface area contributed by atoms with Gasteiger partial charge in [0.05, 0.1) is 28.6 Å². The first kappa shape index (κ1) is 17.9. The zero-order valence-electron chi connectivity index (χ0n) is 12.6. The highest BCUT2D eigenvalue weighted by molar-refractivity contribution is 7.92. The number of hydrogen-bond donors (Lipinski definition) is 3. The van der Waals surface area contributed by atoms with Gasteiger partial charge in [-0.3, -0.25) is 0 Å². The molecule has 0 saturated carbocycles. The molecular weight excluding hydrogens is 346 g/mol. The van der Waals surface area contributed by atoms with E-state index in [-0.39, 0.29) is 29.1 Å². The van der Waals surface area contributed by atoms with Crippen LogP contribution >= 0.6 is 12.2 Å². The Labute approximate surface area is 137 Å². The van der Waals surface area contributed by atoms with E-state index < -0.39 is 25.2 Å². The fraction of sp³-hybridized carbons (Fsp3) is 0.917. The molecule has 2 saturated heterocycles. The van der Waals surface area contributed by atoms with Crippen LogP contribution in [0.2, 0.25) is 0 Å². The highest BCUT2D eigenvalue weighted by atomic mass is 32.2. The van der Waals surface area contributed by atoms with E-state index in [1.807, 2.05) is 6.92 Å². The summed E-state index contributed by atoms with van der Waals surface area (Å²) in [6.45, 7) is 3.02. The Balaban J connectivity index is 1.64. The topological polar surface area (TPSA) is 104 Å². The summed E-state index contributed by atoms with van der Waals surface area (Å²) in [5, 5.41) is 9.71. The van der Waals surface area contributed by atoms with Gasteiger partial charge in [-0.05, 0) is 32.0 Å². The van der Waals surface area contributed by atoms with Gasteiger partial charge in [-0.1, -0.05) is 0 Å². The van der Waals surface area contributed by atoms with Crippen LogP contribution in [-0.4, -0.2) is 69.6 Å². The van der Waals surface area contributed by atoms with Crippen molar-refractivity contribution in [3.63, 3.8) is 0 Å². The molecule has 10 heteroatoms. The lowest BCUT2D eigenvalue weighted by Crippen LogP contribution is -2.52. The molecule has 2 fully saturated rings. The van der Waals surface area contributed by atoms with Crippen LogP contribution in [0.1, 0.15) is 19.8 Å². The van der Waals surface area contributed by atoms with Crippen LogP contribution in [0, 0.1) is 0 Å². The highest BCUT2D eigenvalue weighted by Crippen LogP contribution is 2.22. The van der Waals surface area contributed by atoms with Crippen LogP contribution in [0.15, 0.2) is 0 Å². The molecule has 128 valence electrons. The summed E-state index contributed by atoms with van der Waals surface area (Å²) >= 11 is 5.18. The lowest BCUT2D eigenvalue weighted by atomic mass is 10.0. The SMILES string of the molecule is CC1(NC(=S)NCCNC2CCS(=O)(=O)C2)CCS(=O)(=O)C1. The maximum absolute atomic E-state index is 11.5. The summed E-state index contributed by atoms with van der Waals surface area (Å²) in [5.74, 6) is 0.743. The van der Waals surface area contributed by atoms with E-state index in [1.165, 1.54) is 0 Å². The van der Waals surface area contributed by atoms with Gasteiger partial charge in [0.15, 0.2) is 24.8 Å². The van der Waals surface area contributed by atoms with E-state index >= 15 is 0 Å². The lowest BCUT2D eigenvalue weighted by Gasteiger charge is -2.26. The highest BCUT2D eigenvalue weighted by Gasteiger charge is 2.38. The van der Waals surface area contributed by atoms with Gasteiger partial charge in [0.25, 0.3) is 0 Å². The van der Waals surface area contributed by atoms with Gasteiger partial charge in [-0.15, -0.1) is 0 Å². The second-order valence-corrected chi connectivity index (χ2v) is 11.2. The van der Waals surface area contributed by atoms with Crippen molar-refractivity contribution < 1.29 is 16.8 Å². The first-order valence-electron chi connectivity index (χ1n) is 7.29. The largest absolute Gasteiger partial charge is 0.361 e. The third kappa shape index (κ3) is 5.32. The van der Waals surface area contributed by atoms with Gasteiger partial charge in [0, 0.05) is 19.1 Å². The molecule has 0 aromatic rings. The van der Waals surface area contributed by atoms with Crippen molar-refractivity contribution in [1.82, 2.24) is 16.0 Å². The van der Waals surface area contributed by atoms with Crippen LogP contribution < -0.4 is 16.0 Å². The second-order valence-electron chi connectivity index (χ2n) is 6.34. The third-order valence-electron chi connectivity index (χ3n) is 3.99. The van der Waals surface area contributed by atoms with Gasteiger partial charge < -0.3 is 16.0 Å².